The highest BCUT2D eigenvalue weighted by Crippen LogP contribution is 2.44. The molecule has 1 N–H and O–H groups in total. The third-order valence-corrected chi connectivity index (χ3v) is 7.15. The molecule has 2 aromatic carbocycles. The highest BCUT2D eigenvalue weighted by molar-refractivity contribution is 7.22. The smallest absolute Gasteiger partial charge is 0.301 e. The van der Waals surface area contributed by atoms with Gasteiger partial charge in [0, 0.05) is 18.0 Å². The Hall–Kier alpha value is -4.24. The van der Waals surface area contributed by atoms with Crippen LogP contribution in [0.15, 0.2) is 72.6 Å². The minimum absolute atomic E-state index is 0.0151. The number of fused-ring (bicyclic) bond motifs is 1. The third-order valence-electron chi connectivity index (χ3n) is 6.13. The second kappa shape index (κ2) is 10.4. The largest absolute Gasteiger partial charge is 0.507 e. The van der Waals surface area contributed by atoms with Crippen LogP contribution in [0.25, 0.3) is 16.0 Å². The maximum absolute atomic E-state index is 13.4. The Bertz CT molecular complexity index is 1500. The van der Waals surface area contributed by atoms with Crippen molar-refractivity contribution < 1.29 is 24.2 Å². The number of unbranched alkanes of at least 4 members (excludes halogenated alkanes) is 1. The van der Waals surface area contributed by atoms with Crippen LogP contribution in [0.1, 0.15) is 36.9 Å². The molecule has 1 aliphatic heterocycles. The molecule has 188 valence electrons. The van der Waals surface area contributed by atoms with E-state index in [-0.39, 0.29) is 11.3 Å². The molecule has 0 spiro atoms. The predicted molar refractivity (Wildman–Crippen MR) is 142 cm³/mol. The molecule has 0 saturated carbocycles. The monoisotopic (exact) mass is 515 g/mol. The van der Waals surface area contributed by atoms with Gasteiger partial charge in [0.1, 0.15) is 17.3 Å². The van der Waals surface area contributed by atoms with Crippen LogP contribution < -0.4 is 14.4 Å². The Morgan fingerprint density at radius 3 is 2.65 bits per heavy atom. The molecular formula is C28H25N3O5S. The van der Waals surface area contributed by atoms with Gasteiger partial charge < -0.3 is 14.6 Å². The molecule has 1 fully saturated rings. The normalized spacial score (nSPS) is 16.9. The second-order valence-corrected chi connectivity index (χ2v) is 9.52. The van der Waals surface area contributed by atoms with Gasteiger partial charge in [0.15, 0.2) is 5.13 Å². The van der Waals surface area contributed by atoms with Crippen molar-refractivity contribution in [2.45, 2.75) is 25.8 Å². The van der Waals surface area contributed by atoms with Crippen molar-refractivity contribution in [2.75, 3.05) is 18.6 Å². The van der Waals surface area contributed by atoms with Gasteiger partial charge in [-0.25, -0.2) is 4.98 Å². The molecular weight excluding hydrogens is 490 g/mol. The Labute approximate surface area is 217 Å². The van der Waals surface area contributed by atoms with E-state index in [1.165, 1.54) is 16.2 Å². The maximum atomic E-state index is 13.4. The zero-order valence-electron chi connectivity index (χ0n) is 20.4. The zero-order chi connectivity index (χ0) is 25.9. The number of aromatic nitrogens is 2. The van der Waals surface area contributed by atoms with Crippen molar-refractivity contribution in [3.8, 4) is 11.5 Å². The van der Waals surface area contributed by atoms with E-state index in [4.69, 9.17) is 9.47 Å². The molecule has 1 saturated heterocycles. The number of aliphatic hydroxyl groups is 1. The minimum Gasteiger partial charge on any atom is -0.507 e. The number of thiazole rings is 1. The van der Waals surface area contributed by atoms with Gasteiger partial charge in [0.25, 0.3) is 5.78 Å². The highest BCUT2D eigenvalue weighted by Gasteiger charge is 2.48. The van der Waals surface area contributed by atoms with Crippen LogP contribution in [-0.4, -0.2) is 40.5 Å². The number of amides is 1. The summed E-state index contributed by atoms with van der Waals surface area (Å²) in [6.07, 6.45) is 5.06. The van der Waals surface area contributed by atoms with Crippen LogP contribution in [0.2, 0.25) is 0 Å². The van der Waals surface area contributed by atoms with Gasteiger partial charge >= 0.3 is 5.91 Å². The molecule has 1 atom stereocenters. The summed E-state index contributed by atoms with van der Waals surface area (Å²) in [7, 11) is 1.58. The van der Waals surface area contributed by atoms with E-state index >= 15 is 0 Å². The number of anilines is 1. The first-order chi connectivity index (χ1) is 18.0. The molecule has 1 aliphatic rings. The van der Waals surface area contributed by atoms with E-state index in [0.717, 1.165) is 17.5 Å². The average molecular weight is 516 g/mol. The first kappa shape index (κ1) is 24.5. The molecule has 1 amide bonds. The highest BCUT2D eigenvalue weighted by atomic mass is 32.1. The molecule has 0 radical (unpaired) electrons. The molecule has 1 unspecified atom stereocenters. The number of ketones is 1. The molecule has 2 aromatic heterocycles. The summed E-state index contributed by atoms with van der Waals surface area (Å²) in [5.74, 6) is -0.576. The molecule has 8 nitrogen and oxygen atoms in total. The lowest BCUT2D eigenvalue weighted by atomic mass is 9.96. The molecule has 4 aromatic rings. The number of nitrogens with zero attached hydrogens (tertiary/aromatic N) is 3. The van der Waals surface area contributed by atoms with Crippen LogP contribution in [0.4, 0.5) is 5.13 Å². The van der Waals surface area contributed by atoms with Gasteiger partial charge in [-0.05, 0) is 54.4 Å². The number of rotatable bonds is 8. The maximum Gasteiger partial charge on any atom is 0.301 e. The van der Waals surface area contributed by atoms with Crippen molar-refractivity contribution >= 4 is 44.1 Å². The molecule has 5 rings (SSSR count). The zero-order valence-corrected chi connectivity index (χ0v) is 21.2. The summed E-state index contributed by atoms with van der Waals surface area (Å²) < 4.78 is 11.9. The number of Topliss-reactive ketones (excluding diaryl/α,β-unsaturated/α-hetero) is 1. The Morgan fingerprint density at radius 1 is 1.08 bits per heavy atom. The summed E-state index contributed by atoms with van der Waals surface area (Å²) in [5, 5.41) is 11.7. The molecule has 9 heteroatoms. The summed E-state index contributed by atoms with van der Waals surface area (Å²) >= 11 is 1.27. The average Bonchev–Trinajstić information content (AvgIpc) is 3.46. The number of benzene rings is 2. The van der Waals surface area contributed by atoms with Crippen LogP contribution in [0, 0.1) is 0 Å². The lowest BCUT2D eigenvalue weighted by Gasteiger charge is -2.22. The fourth-order valence-corrected chi connectivity index (χ4v) is 5.26. The minimum atomic E-state index is -0.880. The van der Waals surface area contributed by atoms with Gasteiger partial charge in [-0.1, -0.05) is 36.8 Å². The summed E-state index contributed by atoms with van der Waals surface area (Å²) in [5.41, 5.74) is 1.68. The Morgan fingerprint density at radius 2 is 1.89 bits per heavy atom. The van der Waals surface area contributed by atoms with E-state index in [1.807, 2.05) is 6.07 Å². The van der Waals surface area contributed by atoms with E-state index in [2.05, 4.69) is 16.9 Å². The van der Waals surface area contributed by atoms with E-state index in [1.54, 1.807) is 68.0 Å². The van der Waals surface area contributed by atoms with E-state index in [9.17, 15) is 14.7 Å². The van der Waals surface area contributed by atoms with Gasteiger partial charge in [-0.3, -0.25) is 19.5 Å². The quantitative estimate of drug-likeness (QED) is 0.143. The molecule has 37 heavy (non-hydrogen) atoms. The van der Waals surface area contributed by atoms with Crippen molar-refractivity contribution in [3.63, 3.8) is 0 Å². The van der Waals surface area contributed by atoms with Crippen molar-refractivity contribution in [1.29, 1.82) is 0 Å². The third kappa shape index (κ3) is 4.65. The fraction of sp³-hybridized carbons (Fsp3) is 0.214. The SMILES string of the molecule is CCCCOc1cccc(/C(O)=C2\C(=O)C(=O)N(c3nc4ccc(OC)cc4s3)C2c2ccncc2)c1. The van der Waals surface area contributed by atoms with Crippen LogP contribution in [0.3, 0.4) is 0 Å². The fourth-order valence-electron chi connectivity index (χ4n) is 4.24. The number of pyridine rings is 1. The predicted octanol–water partition coefficient (Wildman–Crippen LogP) is 5.51. The topological polar surface area (TPSA) is 102 Å². The van der Waals surface area contributed by atoms with E-state index < -0.39 is 17.7 Å². The van der Waals surface area contributed by atoms with Gasteiger partial charge in [-0.15, -0.1) is 0 Å². The lowest BCUT2D eigenvalue weighted by Crippen LogP contribution is -2.29. The van der Waals surface area contributed by atoms with Gasteiger partial charge in [-0.2, -0.15) is 0 Å². The van der Waals surface area contributed by atoms with E-state index in [0.29, 0.717) is 39.9 Å². The van der Waals surface area contributed by atoms with Crippen LogP contribution >= 0.6 is 11.3 Å². The summed E-state index contributed by atoms with van der Waals surface area (Å²) in [6.45, 7) is 2.62. The van der Waals surface area contributed by atoms with Gasteiger partial charge in [0.2, 0.25) is 0 Å². The summed E-state index contributed by atoms with van der Waals surface area (Å²) in [4.78, 5) is 36.9. The molecule has 0 bridgehead atoms. The number of ether oxygens (including phenoxy) is 2. The van der Waals surface area contributed by atoms with Crippen molar-refractivity contribution in [2.24, 2.45) is 0 Å². The number of hydrogen-bond donors (Lipinski definition) is 1. The van der Waals surface area contributed by atoms with Crippen molar-refractivity contribution in [3.05, 3.63) is 83.7 Å². The summed E-state index contributed by atoms with van der Waals surface area (Å²) in [6, 6.07) is 14.9. The standard InChI is InChI=1S/C28H25N3O5S/c1-3-4-14-36-20-7-5-6-18(15-20)25(32)23-24(17-10-12-29-13-11-17)31(27(34)26(23)33)28-30-21-9-8-19(35-2)16-22(21)37-28/h5-13,15-16,24,32H,3-4,14H2,1-2H3/b25-23+. The number of carbonyl (C=O) groups excluding carboxylic acids is 2. The number of hydrogen-bond acceptors (Lipinski definition) is 8. The molecule has 0 aliphatic carbocycles. The number of carbonyl (C=O) groups is 2. The second-order valence-electron chi connectivity index (χ2n) is 8.51. The first-order valence-corrected chi connectivity index (χ1v) is 12.7. The Kier molecular flexibility index (Phi) is 6.87. The van der Waals surface area contributed by atoms with Crippen molar-refractivity contribution in [1.82, 2.24) is 9.97 Å². The Balaban J connectivity index is 1.63. The number of methoxy groups -OCH3 is 1. The van der Waals surface area contributed by atoms with Crippen LogP contribution in [0.5, 0.6) is 11.5 Å². The van der Waals surface area contributed by atoms with Gasteiger partial charge in [0.05, 0.1) is 35.5 Å². The van der Waals surface area contributed by atoms with Crippen LogP contribution in [-0.2, 0) is 9.59 Å². The lowest BCUT2D eigenvalue weighted by molar-refractivity contribution is -0.132. The molecule has 3 heterocycles. The number of aliphatic hydroxyl groups excluding tert-OH is 1. The first-order valence-electron chi connectivity index (χ1n) is 11.9.